The van der Waals surface area contributed by atoms with Crippen LogP contribution in [-0.2, 0) is 0 Å². The molecule has 3 rings (SSSR count). The van der Waals surface area contributed by atoms with E-state index >= 15 is 0 Å². The number of benzene rings is 1. The predicted molar refractivity (Wildman–Crippen MR) is 74.6 cm³/mol. The van der Waals surface area contributed by atoms with Gasteiger partial charge in [-0.3, -0.25) is 5.10 Å². The molecule has 0 saturated carbocycles. The molecule has 0 unspecified atom stereocenters. The lowest BCUT2D eigenvalue weighted by atomic mass is 10.1. The fraction of sp³-hybridized carbons (Fsp3) is 0.154. The number of H-pyrrole nitrogens is 1. The summed E-state index contributed by atoms with van der Waals surface area (Å²) in [6.07, 6.45) is 1.69. The van der Waals surface area contributed by atoms with E-state index in [0.717, 1.165) is 5.39 Å². The van der Waals surface area contributed by atoms with Crippen LogP contribution in [0, 0.1) is 0 Å². The summed E-state index contributed by atoms with van der Waals surface area (Å²) >= 11 is 0. The lowest BCUT2D eigenvalue weighted by Crippen LogP contribution is -2.09. The minimum atomic E-state index is 0.119. The number of aromatic nitrogens is 4. The van der Waals surface area contributed by atoms with Crippen LogP contribution in [0.4, 0.5) is 11.8 Å². The van der Waals surface area contributed by atoms with Crippen LogP contribution < -0.4 is 11.1 Å². The Hall–Kier alpha value is -2.63. The monoisotopic (exact) mass is 254 g/mol. The van der Waals surface area contributed by atoms with Crippen molar-refractivity contribution < 1.29 is 0 Å². The SMILES string of the molecule is C[C@@H](Nc1nc(N)nc2[nH]ncc12)c1ccccc1. The largest absolute Gasteiger partial charge is 0.368 e. The molecule has 0 aliphatic heterocycles. The van der Waals surface area contributed by atoms with Gasteiger partial charge in [0, 0.05) is 6.04 Å². The summed E-state index contributed by atoms with van der Waals surface area (Å²) in [6.45, 7) is 2.07. The van der Waals surface area contributed by atoms with Gasteiger partial charge in [-0.2, -0.15) is 15.1 Å². The first-order valence-electron chi connectivity index (χ1n) is 6.02. The van der Waals surface area contributed by atoms with E-state index in [1.165, 1.54) is 5.56 Å². The molecule has 0 amide bonds. The Morgan fingerprint density at radius 3 is 2.79 bits per heavy atom. The van der Waals surface area contributed by atoms with E-state index in [4.69, 9.17) is 5.73 Å². The molecule has 0 bridgehead atoms. The molecule has 0 aliphatic carbocycles. The molecule has 0 saturated heterocycles. The summed E-state index contributed by atoms with van der Waals surface area (Å²) in [5.74, 6) is 0.909. The highest BCUT2D eigenvalue weighted by Gasteiger charge is 2.11. The number of nitrogen functional groups attached to an aromatic ring is 1. The summed E-state index contributed by atoms with van der Waals surface area (Å²) in [5.41, 5.74) is 7.50. The van der Waals surface area contributed by atoms with Crippen molar-refractivity contribution >= 4 is 22.8 Å². The summed E-state index contributed by atoms with van der Waals surface area (Å²) in [7, 11) is 0. The van der Waals surface area contributed by atoms with Crippen LogP contribution in [0.5, 0.6) is 0 Å². The minimum absolute atomic E-state index is 0.119. The van der Waals surface area contributed by atoms with Gasteiger partial charge in [-0.05, 0) is 12.5 Å². The second-order valence-electron chi connectivity index (χ2n) is 4.34. The number of nitrogens with zero attached hydrogens (tertiary/aromatic N) is 3. The molecule has 19 heavy (non-hydrogen) atoms. The third-order valence-corrected chi connectivity index (χ3v) is 2.98. The number of nitrogens with one attached hydrogen (secondary N) is 2. The maximum Gasteiger partial charge on any atom is 0.224 e. The third kappa shape index (κ3) is 2.20. The first kappa shape index (κ1) is 11.5. The minimum Gasteiger partial charge on any atom is -0.368 e. The fourth-order valence-corrected chi connectivity index (χ4v) is 1.99. The fourth-order valence-electron chi connectivity index (χ4n) is 1.99. The van der Waals surface area contributed by atoms with Gasteiger partial charge in [0.05, 0.1) is 11.6 Å². The summed E-state index contributed by atoms with van der Waals surface area (Å²) in [6, 6.07) is 10.3. The van der Waals surface area contributed by atoms with Crippen LogP contribution in [0.1, 0.15) is 18.5 Å². The van der Waals surface area contributed by atoms with E-state index in [9.17, 15) is 0 Å². The molecule has 0 aliphatic rings. The Morgan fingerprint density at radius 2 is 2.00 bits per heavy atom. The van der Waals surface area contributed by atoms with E-state index in [1.807, 2.05) is 18.2 Å². The van der Waals surface area contributed by atoms with Gasteiger partial charge in [-0.1, -0.05) is 30.3 Å². The van der Waals surface area contributed by atoms with Crippen molar-refractivity contribution in [2.75, 3.05) is 11.1 Å². The van der Waals surface area contributed by atoms with Crippen molar-refractivity contribution in [1.29, 1.82) is 0 Å². The number of aromatic amines is 1. The van der Waals surface area contributed by atoms with Crippen LogP contribution in [-0.4, -0.2) is 20.2 Å². The molecule has 0 spiro atoms. The smallest absolute Gasteiger partial charge is 0.224 e. The highest BCUT2D eigenvalue weighted by atomic mass is 15.2. The molecule has 4 N–H and O–H groups in total. The molecule has 1 aromatic carbocycles. The number of rotatable bonds is 3. The van der Waals surface area contributed by atoms with Crippen molar-refractivity contribution in [3.8, 4) is 0 Å². The van der Waals surface area contributed by atoms with Gasteiger partial charge in [0.1, 0.15) is 5.82 Å². The average molecular weight is 254 g/mol. The molecule has 3 aromatic rings. The second-order valence-corrected chi connectivity index (χ2v) is 4.34. The Balaban J connectivity index is 1.95. The molecule has 96 valence electrons. The predicted octanol–water partition coefficient (Wildman–Crippen LogP) is 2.11. The van der Waals surface area contributed by atoms with E-state index < -0.39 is 0 Å². The van der Waals surface area contributed by atoms with Crippen molar-refractivity contribution in [1.82, 2.24) is 20.2 Å². The van der Waals surface area contributed by atoms with Gasteiger partial charge in [0.25, 0.3) is 0 Å². The van der Waals surface area contributed by atoms with Crippen molar-refractivity contribution in [3.63, 3.8) is 0 Å². The molecular formula is C13H14N6. The maximum absolute atomic E-state index is 5.69. The highest BCUT2D eigenvalue weighted by Crippen LogP contribution is 2.23. The van der Waals surface area contributed by atoms with Gasteiger partial charge in [0.2, 0.25) is 5.95 Å². The molecule has 2 heterocycles. The van der Waals surface area contributed by atoms with E-state index in [-0.39, 0.29) is 12.0 Å². The molecule has 2 aromatic heterocycles. The van der Waals surface area contributed by atoms with E-state index in [2.05, 4.69) is 44.5 Å². The van der Waals surface area contributed by atoms with Gasteiger partial charge in [-0.15, -0.1) is 0 Å². The van der Waals surface area contributed by atoms with Gasteiger partial charge in [0.15, 0.2) is 5.65 Å². The molecule has 1 atom stereocenters. The number of hydrogen-bond donors (Lipinski definition) is 3. The molecule has 0 fully saturated rings. The number of anilines is 2. The zero-order valence-electron chi connectivity index (χ0n) is 10.5. The van der Waals surface area contributed by atoms with Crippen molar-refractivity contribution in [3.05, 3.63) is 42.1 Å². The van der Waals surface area contributed by atoms with Gasteiger partial charge < -0.3 is 11.1 Å². The normalized spacial score (nSPS) is 12.5. The van der Waals surface area contributed by atoms with Crippen LogP contribution in [0.15, 0.2) is 36.5 Å². The van der Waals surface area contributed by atoms with Gasteiger partial charge >= 0.3 is 0 Å². The molecule has 6 nitrogen and oxygen atoms in total. The quantitative estimate of drug-likeness (QED) is 0.665. The number of hydrogen-bond acceptors (Lipinski definition) is 5. The summed E-state index contributed by atoms with van der Waals surface area (Å²) in [5, 5.41) is 10.9. The lowest BCUT2D eigenvalue weighted by Gasteiger charge is -2.15. The summed E-state index contributed by atoms with van der Waals surface area (Å²) < 4.78 is 0. The molecule has 0 radical (unpaired) electrons. The zero-order chi connectivity index (χ0) is 13.2. The Bertz CT molecular complexity index is 691. The van der Waals surface area contributed by atoms with Crippen molar-refractivity contribution in [2.24, 2.45) is 0 Å². The van der Waals surface area contributed by atoms with E-state index in [0.29, 0.717) is 11.5 Å². The topological polar surface area (TPSA) is 92.5 Å². The van der Waals surface area contributed by atoms with Crippen LogP contribution in [0.3, 0.4) is 0 Å². The Kier molecular flexibility index (Phi) is 2.75. The lowest BCUT2D eigenvalue weighted by molar-refractivity contribution is 0.877. The average Bonchev–Trinajstić information content (AvgIpc) is 2.88. The first-order chi connectivity index (χ1) is 9.24. The molecule has 6 heteroatoms. The molecular weight excluding hydrogens is 240 g/mol. The van der Waals surface area contributed by atoms with Gasteiger partial charge in [-0.25, -0.2) is 0 Å². The van der Waals surface area contributed by atoms with Crippen molar-refractivity contribution in [2.45, 2.75) is 13.0 Å². The maximum atomic E-state index is 5.69. The van der Waals surface area contributed by atoms with Crippen LogP contribution >= 0.6 is 0 Å². The second kappa shape index (κ2) is 4.56. The third-order valence-electron chi connectivity index (χ3n) is 2.98. The highest BCUT2D eigenvalue weighted by molar-refractivity contribution is 5.86. The zero-order valence-corrected chi connectivity index (χ0v) is 10.5. The summed E-state index contributed by atoms with van der Waals surface area (Å²) in [4.78, 5) is 8.32. The van der Waals surface area contributed by atoms with E-state index in [1.54, 1.807) is 6.20 Å². The van der Waals surface area contributed by atoms with Crippen LogP contribution in [0.2, 0.25) is 0 Å². The Labute approximate surface area is 110 Å². The first-order valence-corrected chi connectivity index (χ1v) is 6.02. The van der Waals surface area contributed by atoms with Crippen LogP contribution in [0.25, 0.3) is 11.0 Å². The standard InChI is InChI=1S/C13H14N6/c1-8(9-5-3-2-4-6-9)16-11-10-7-15-19-12(10)18-13(14)17-11/h2-8H,1H3,(H4,14,15,16,17,18,19)/t8-/m1/s1. The number of fused-ring (bicyclic) bond motifs is 1. The number of nitrogens with two attached hydrogens (primary N) is 1. The Morgan fingerprint density at radius 1 is 1.21 bits per heavy atom.